The summed E-state index contributed by atoms with van der Waals surface area (Å²) >= 11 is 1.46. The van der Waals surface area contributed by atoms with Gasteiger partial charge in [0.05, 0.1) is 11.3 Å². The van der Waals surface area contributed by atoms with Crippen molar-refractivity contribution >= 4 is 23.2 Å². The molecule has 0 unspecified atom stereocenters. The minimum atomic E-state index is -0.654. The number of aryl methyl sites for hydroxylation is 1. The molecule has 2 amide bonds. The molecule has 1 fully saturated rings. The van der Waals surface area contributed by atoms with Gasteiger partial charge in [0, 0.05) is 34.9 Å². The number of ether oxygens (including phenoxy) is 1. The second-order valence-electron chi connectivity index (χ2n) is 6.77. The van der Waals surface area contributed by atoms with Crippen LogP contribution in [0, 0.1) is 6.92 Å². The minimum Gasteiger partial charge on any atom is -0.456 e. The molecule has 0 aliphatic heterocycles. The Hall–Kier alpha value is -3.33. The van der Waals surface area contributed by atoms with Crippen LogP contribution >= 0.6 is 11.3 Å². The van der Waals surface area contributed by atoms with E-state index < -0.39 is 5.91 Å². The number of thiazole rings is 1. The number of hydrogen-bond acceptors (Lipinski definition) is 7. The molecule has 148 valence electrons. The van der Waals surface area contributed by atoms with Crippen molar-refractivity contribution in [3.05, 3.63) is 57.7 Å². The molecule has 9 heteroatoms. The predicted octanol–water partition coefficient (Wildman–Crippen LogP) is 2.48. The van der Waals surface area contributed by atoms with E-state index in [1.165, 1.54) is 17.5 Å². The van der Waals surface area contributed by atoms with Gasteiger partial charge < -0.3 is 15.8 Å². The lowest BCUT2D eigenvalue weighted by atomic mass is 9.98. The highest BCUT2D eigenvalue weighted by atomic mass is 32.1. The van der Waals surface area contributed by atoms with Gasteiger partial charge in [0.2, 0.25) is 0 Å². The first-order valence-corrected chi connectivity index (χ1v) is 9.99. The third-order valence-corrected chi connectivity index (χ3v) is 5.26. The lowest BCUT2D eigenvalue weighted by molar-refractivity contribution is 0.0950. The number of aromatic nitrogens is 3. The van der Waals surface area contributed by atoms with Crippen LogP contribution < -0.4 is 15.8 Å². The maximum Gasteiger partial charge on any atom is 0.317 e. The second-order valence-corrected chi connectivity index (χ2v) is 7.75. The third-order valence-electron chi connectivity index (χ3n) is 4.51. The molecule has 0 atom stereocenters. The maximum absolute atomic E-state index is 12.4. The normalized spacial score (nSPS) is 13.1. The molecule has 1 aromatic carbocycles. The summed E-state index contributed by atoms with van der Waals surface area (Å²) in [6, 6.07) is 5.64. The number of nitrogens with one attached hydrogen (secondary N) is 1. The van der Waals surface area contributed by atoms with E-state index in [-0.39, 0.29) is 30.1 Å². The Balaban J connectivity index is 1.68. The summed E-state index contributed by atoms with van der Waals surface area (Å²) in [4.78, 5) is 37.0. The van der Waals surface area contributed by atoms with Gasteiger partial charge in [-0.25, -0.2) is 9.97 Å². The molecule has 1 aliphatic rings. The van der Waals surface area contributed by atoms with Crippen LogP contribution in [0.25, 0.3) is 11.3 Å². The van der Waals surface area contributed by atoms with E-state index in [2.05, 4.69) is 20.3 Å². The molecule has 3 N–H and O–H groups in total. The number of rotatable bonds is 7. The Bertz CT molecular complexity index is 1060. The highest BCUT2D eigenvalue weighted by molar-refractivity contribution is 7.09. The Kier molecular flexibility index (Phi) is 5.22. The zero-order valence-electron chi connectivity index (χ0n) is 15.7. The number of carbonyl (C=O) groups excluding carboxylic acids is 2. The largest absolute Gasteiger partial charge is 0.456 e. The van der Waals surface area contributed by atoms with Crippen molar-refractivity contribution < 1.29 is 14.3 Å². The molecule has 0 spiro atoms. The summed E-state index contributed by atoms with van der Waals surface area (Å²) < 4.78 is 5.62. The zero-order valence-corrected chi connectivity index (χ0v) is 16.5. The summed E-state index contributed by atoms with van der Waals surface area (Å²) in [5.41, 5.74) is 8.00. The molecule has 8 nitrogen and oxygen atoms in total. The monoisotopic (exact) mass is 409 g/mol. The molecule has 2 aromatic heterocycles. The zero-order chi connectivity index (χ0) is 20.4. The minimum absolute atomic E-state index is 0.104. The van der Waals surface area contributed by atoms with Crippen molar-refractivity contribution in [1.29, 1.82) is 0 Å². The molecule has 29 heavy (non-hydrogen) atoms. The Morgan fingerprint density at radius 2 is 2.14 bits per heavy atom. The molecule has 0 radical (unpaired) electrons. The molecular formula is C20H19N5O3S. The lowest BCUT2D eigenvalue weighted by Crippen LogP contribution is -2.25. The van der Waals surface area contributed by atoms with E-state index in [0.717, 1.165) is 23.4 Å². The molecule has 3 aromatic rings. The second kappa shape index (κ2) is 7.96. The fourth-order valence-electron chi connectivity index (χ4n) is 2.79. The van der Waals surface area contributed by atoms with Gasteiger partial charge >= 0.3 is 6.01 Å². The first-order chi connectivity index (χ1) is 14.0. The molecule has 1 saturated carbocycles. The van der Waals surface area contributed by atoms with E-state index >= 15 is 0 Å². The number of primary amides is 1. The highest BCUT2D eigenvalue weighted by Gasteiger charge is 2.24. The molecule has 0 saturated heterocycles. The van der Waals surface area contributed by atoms with Crippen molar-refractivity contribution in [2.75, 3.05) is 0 Å². The quantitative estimate of drug-likeness (QED) is 0.618. The van der Waals surface area contributed by atoms with Gasteiger partial charge in [-0.05, 0) is 37.5 Å². The number of nitrogens with zero attached hydrogens (tertiary/aromatic N) is 3. The van der Waals surface area contributed by atoms with E-state index in [1.807, 2.05) is 18.4 Å². The summed E-state index contributed by atoms with van der Waals surface area (Å²) in [6.07, 6.45) is 5.04. The topological polar surface area (TPSA) is 120 Å². The number of benzene rings is 1. The molecule has 4 rings (SSSR count). The first-order valence-electron chi connectivity index (χ1n) is 9.11. The average Bonchev–Trinajstić information content (AvgIpc) is 3.37. The molecule has 1 aliphatic carbocycles. The Morgan fingerprint density at radius 3 is 2.83 bits per heavy atom. The van der Waals surface area contributed by atoms with E-state index in [9.17, 15) is 9.59 Å². The van der Waals surface area contributed by atoms with Crippen LogP contribution in [0.3, 0.4) is 0 Å². The average molecular weight is 409 g/mol. The SMILES string of the molecule is Cc1ccc(C(=O)NC2CC2)cc1-c1nc(OCc2nccs2)ncc1C(N)=O. The van der Waals surface area contributed by atoms with Crippen LogP contribution in [0.1, 0.15) is 44.1 Å². The molecule has 2 heterocycles. The van der Waals surface area contributed by atoms with E-state index in [0.29, 0.717) is 16.8 Å². The van der Waals surface area contributed by atoms with Gasteiger partial charge in [-0.15, -0.1) is 11.3 Å². The predicted molar refractivity (Wildman–Crippen MR) is 108 cm³/mol. The van der Waals surface area contributed by atoms with Gasteiger partial charge in [-0.3, -0.25) is 9.59 Å². The van der Waals surface area contributed by atoms with Crippen molar-refractivity contribution in [2.24, 2.45) is 5.73 Å². The standard InChI is InChI=1S/C20H19N5O3S/c1-11-2-3-12(19(27)24-13-4-5-13)8-14(11)17-15(18(21)26)9-23-20(25-17)28-10-16-22-6-7-29-16/h2-3,6-9,13H,4-5,10H2,1H3,(H2,21,26)(H,24,27). The lowest BCUT2D eigenvalue weighted by Gasteiger charge is -2.12. The summed E-state index contributed by atoms with van der Waals surface area (Å²) in [5, 5.41) is 5.59. The van der Waals surface area contributed by atoms with Crippen LogP contribution in [0.5, 0.6) is 6.01 Å². The van der Waals surface area contributed by atoms with Crippen LogP contribution in [-0.2, 0) is 6.61 Å². The third kappa shape index (κ3) is 4.40. The maximum atomic E-state index is 12.4. The van der Waals surface area contributed by atoms with Gasteiger partial charge in [0.15, 0.2) is 0 Å². The summed E-state index contributed by atoms with van der Waals surface area (Å²) in [7, 11) is 0. The van der Waals surface area contributed by atoms with Crippen LogP contribution in [0.15, 0.2) is 36.0 Å². The van der Waals surface area contributed by atoms with E-state index in [4.69, 9.17) is 10.5 Å². The number of carbonyl (C=O) groups is 2. The highest BCUT2D eigenvalue weighted by Crippen LogP contribution is 2.28. The smallest absolute Gasteiger partial charge is 0.317 e. The van der Waals surface area contributed by atoms with Crippen LogP contribution in [0.4, 0.5) is 0 Å². The van der Waals surface area contributed by atoms with Gasteiger partial charge in [-0.2, -0.15) is 4.98 Å². The molecule has 0 bridgehead atoms. The Labute approximate surface area is 171 Å². The van der Waals surface area contributed by atoms with Crippen LogP contribution in [-0.4, -0.2) is 32.8 Å². The molecular weight excluding hydrogens is 390 g/mol. The van der Waals surface area contributed by atoms with E-state index in [1.54, 1.807) is 18.3 Å². The van der Waals surface area contributed by atoms with Crippen molar-refractivity contribution in [2.45, 2.75) is 32.4 Å². The first kappa shape index (κ1) is 19.0. The van der Waals surface area contributed by atoms with Crippen LogP contribution in [0.2, 0.25) is 0 Å². The fourth-order valence-corrected chi connectivity index (χ4v) is 3.31. The summed E-state index contributed by atoms with van der Waals surface area (Å²) in [5.74, 6) is -0.803. The van der Waals surface area contributed by atoms with Crippen molar-refractivity contribution in [3.8, 4) is 17.3 Å². The number of hydrogen-bond donors (Lipinski definition) is 2. The van der Waals surface area contributed by atoms with Gasteiger partial charge in [0.25, 0.3) is 11.8 Å². The van der Waals surface area contributed by atoms with Crippen molar-refractivity contribution in [3.63, 3.8) is 0 Å². The number of amides is 2. The van der Waals surface area contributed by atoms with Gasteiger partial charge in [-0.1, -0.05) is 6.07 Å². The van der Waals surface area contributed by atoms with Gasteiger partial charge in [0.1, 0.15) is 11.6 Å². The number of nitrogens with two attached hydrogens (primary N) is 1. The Morgan fingerprint density at radius 1 is 1.31 bits per heavy atom. The summed E-state index contributed by atoms with van der Waals surface area (Å²) in [6.45, 7) is 2.09. The van der Waals surface area contributed by atoms with Crippen molar-refractivity contribution in [1.82, 2.24) is 20.3 Å². The fraction of sp³-hybridized carbons (Fsp3) is 0.250.